The van der Waals surface area contributed by atoms with Gasteiger partial charge in [0.1, 0.15) is 12.4 Å². The lowest BCUT2D eigenvalue weighted by Gasteiger charge is -2.19. The first-order valence-electron chi connectivity index (χ1n) is 6.67. The molecule has 106 valence electrons. The number of imidazole rings is 1. The van der Waals surface area contributed by atoms with E-state index in [0.717, 1.165) is 11.4 Å². The number of nitrogens with zero attached hydrogens (tertiary/aromatic N) is 2. The van der Waals surface area contributed by atoms with Gasteiger partial charge in [0.05, 0.1) is 0 Å². The first-order valence-corrected chi connectivity index (χ1v) is 6.67. The van der Waals surface area contributed by atoms with E-state index in [1.54, 1.807) is 17.0 Å². The van der Waals surface area contributed by atoms with E-state index < -0.39 is 5.97 Å². The Bertz CT molecular complexity index is 592. The van der Waals surface area contributed by atoms with Gasteiger partial charge >= 0.3 is 5.97 Å². The van der Waals surface area contributed by atoms with E-state index in [9.17, 15) is 4.79 Å². The molecule has 2 aromatic rings. The van der Waals surface area contributed by atoms with E-state index in [2.05, 4.69) is 50.0 Å². The van der Waals surface area contributed by atoms with Crippen molar-refractivity contribution < 1.29 is 9.90 Å². The van der Waals surface area contributed by atoms with Crippen LogP contribution in [-0.4, -0.2) is 20.6 Å². The largest absolute Gasteiger partial charge is 0.480 e. The summed E-state index contributed by atoms with van der Waals surface area (Å²) in [5, 5.41) is 8.85. The van der Waals surface area contributed by atoms with Crippen LogP contribution in [0.5, 0.6) is 0 Å². The molecular formula is C16H20N2O2. The molecule has 0 bridgehead atoms. The maximum Gasteiger partial charge on any atom is 0.323 e. The summed E-state index contributed by atoms with van der Waals surface area (Å²) < 4.78 is 1.67. The SMILES string of the molecule is CC(C)(C)c1ccc(Cc2nccn2CC(=O)O)cc1. The molecule has 1 aromatic carbocycles. The fourth-order valence-electron chi connectivity index (χ4n) is 2.10. The predicted octanol–water partition coefficient (Wildman–Crippen LogP) is 2.86. The van der Waals surface area contributed by atoms with Crippen molar-refractivity contribution >= 4 is 5.97 Å². The van der Waals surface area contributed by atoms with Crippen LogP contribution >= 0.6 is 0 Å². The van der Waals surface area contributed by atoms with Gasteiger partial charge in [0.25, 0.3) is 0 Å². The van der Waals surface area contributed by atoms with Crippen LogP contribution in [0.15, 0.2) is 36.7 Å². The molecule has 0 fully saturated rings. The summed E-state index contributed by atoms with van der Waals surface area (Å²) in [5.41, 5.74) is 2.56. The van der Waals surface area contributed by atoms with Gasteiger partial charge in [0, 0.05) is 18.8 Å². The molecule has 4 nitrogen and oxygen atoms in total. The van der Waals surface area contributed by atoms with E-state index in [1.165, 1.54) is 5.56 Å². The van der Waals surface area contributed by atoms with Gasteiger partial charge in [-0.2, -0.15) is 0 Å². The lowest BCUT2D eigenvalue weighted by atomic mass is 9.86. The zero-order chi connectivity index (χ0) is 14.8. The summed E-state index contributed by atoms with van der Waals surface area (Å²) in [5.74, 6) is -0.0803. The standard InChI is InChI=1S/C16H20N2O2/c1-16(2,3)13-6-4-12(5-7-13)10-14-17-8-9-18(14)11-15(19)20/h4-9H,10-11H2,1-3H3,(H,19,20). The highest BCUT2D eigenvalue weighted by Crippen LogP contribution is 2.22. The molecule has 1 aromatic heterocycles. The van der Waals surface area contributed by atoms with Crippen molar-refractivity contribution in [1.82, 2.24) is 9.55 Å². The van der Waals surface area contributed by atoms with Crippen LogP contribution in [0.1, 0.15) is 37.7 Å². The number of carboxylic acid groups (broad SMARTS) is 1. The summed E-state index contributed by atoms with van der Waals surface area (Å²) in [7, 11) is 0. The van der Waals surface area contributed by atoms with Crippen LogP contribution in [0, 0.1) is 0 Å². The van der Waals surface area contributed by atoms with Crippen LogP contribution in [0.3, 0.4) is 0 Å². The molecule has 0 aliphatic carbocycles. The van der Waals surface area contributed by atoms with Gasteiger partial charge in [-0.25, -0.2) is 4.98 Å². The van der Waals surface area contributed by atoms with Gasteiger partial charge in [-0.3, -0.25) is 4.79 Å². The Labute approximate surface area is 119 Å². The lowest BCUT2D eigenvalue weighted by molar-refractivity contribution is -0.137. The number of hydrogen-bond donors (Lipinski definition) is 1. The number of carbonyl (C=O) groups is 1. The van der Waals surface area contributed by atoms with E-state index in [0.29, 0.717) is 6.42 Å². The third-order valence-electron chi connectivity index (χ3n) is 3.29. The number of hydrogen-bond acceptors (Lipinski definition) is 2. The Morgan fingerprint density at radius 1 is 1.25 bits per heavy atom. The fourth-order valence-corrected chi connectivity index (χ4v) is 2.10. The van der Waals surface area contributed by atoms with Gasteiger partial charge in [0.15, 0.2) is 0 Å². The first kappa shape index (κ1) is 14.3. The first-order chi connectivity index (χ1) is 9.36. The lowest BCUT2D eigenvalue weighted by Crippen LogP contribution is -2.12. The predicted molar refractivity (Wildman–Crippen MR) is 77.8 cm³/mol. The molecule has 2 rings (SSSR count). The Morgan fingerprint density at radius 2 is 1.90 bits per heavy atom. The molecule has 0 radical (unpaired) electrons. The molecule has 20 heavy (non-hydrogen) atoms. The normalized spacial score (nSPS) is 11.6. The molecule has 0 amide bonds. The zero-order valence-electron chi connectivity index (χ0n) is 12.1. The summed E-state index contributed by atoms with van der Waals surface area (Å²) in [6, 6.07) is 8.42. The molecule has 0 aliphatic heterocycles. The highest BCUT2D eigenvalue weighted by atomic mass is 16.4. The van der Waals surface area contributed by atoms with E-state index in [-0.39, 0.29) is 12.0 Å². The van der Waals surface area contributed by atoms with Crippen LogP contribution < -0.4 is 0 Å². The minimum atomic E-state index is -0.854. The number of aliphatic carboxylic acids is 1. The molecular weight excluding hydrogens is 252 g/mol. The average Bonchev–Trinajstić information content (AvgIpc) is 2.75. The summed E-state index contributed by atoms with van der Waals surface area (Å²) in [4.78, 5) is 15.0. The maximum absolute atomic E-state index is 10.8. The summed E-state index contributed by atoms with van der Waals surface area (Å²) in [6.07, 6.45) is 3.99. The fraction of sp³-hybridized carbons (Fsp3) is 0.375. The minimum absolute atomic E-state index is 0.0462. The van der Waals surface area contributed by atoms with Crippen LogP contribution in [-0.2, 0) is 23.2 Å². The van der Waals surface area contributed by atoms with Gasteiger partial charge in [-0.1, -0.05) is 45.0 Å². The van der Waals surface area contributed by atoms with Crippen molar-refractivity contribution in [2.45, 2.75) is 39.2 Å². The van der Waals surface area contributed by atoms with Gasteiger partial charge in [-0.05, 0) is 16.5 Å². The zero-order valence-corrected chi connectivity index (χ0v) is 12.1. The highest BCUT2D eigenvalue weighted by Gasteiger charge is 2.13. The number of aromatic nitrogens is 2. The molecule has 1 N–H and O–H groups in total. The topological polar surface area (TPSA) is 55.1 Å². The van der Waals surface area contributed by atoms with Crippen molar-refractivity contribution in [3.63, 3.8) is 0 Å². The molecule has 0 spiro atoms. The van der Waals surface area contributed by atoms with Crippen molar-refractivity contribution in [2.75, 3.05) is 0 Å². The van der Waals surface area contributed by atoms with Crippen LogP contribution in [0.2, 0.25) is 0 Å². The Hall–Kier alpha value is -2.10. The van der Waals surface area contributed by atoms with Crippen molar-refractivity contribution in [3.05, 3.63) is 53.6 Å². The monoisotopic (exact) mass is 272 g/mol. The van der Waals surface area contributed by atoms with Gasteiger partial charge in [-0.15, -0.1) is 0 Å². The second kappa shape index (κ2) is 5.49. The number of rotatable bonds is 4. The maximum atomic E-state index is 10.8. The quantitative estimate of drug-likeness (QED) is 0.931. The third kappa shape index (κ3) is 3.47. The third-order valence-corrected chi connectivity index (χ3v) is 3.29. The van der Waals surface area contributed by atoms with E-state index >= 15 is 0 Å². The Balaban J connectivity index is 2.15. The Morgan fingerprint density at radius 3 is 2.45 bits per heavy atom. The van der Waals surface area contributed by atoms with Crippen molar-refractivity contribution in [1.29, 1.82) is 0 Å². The van der Waals surface area contributed by atoms with E-state index in [4.69, 9.17) is 5.11 Å². The number of benzene rings is 1. The molecule has 1 heterocycles. The Kier molecular flexibility index (Phi) is 3.93. The average molecular weight is 272 g/mol. The molecule has 0 aliphatic rings. The molecule has 0 saturated carbocycles. The smallest absolute Gasteiger partial charge is 0.323 e. The van der Waals surface area contributed by atoms with E-state index in [1.807, 2.05) is 0 Å². The van der Waals surface area contributed by atoms with Crippen molar-refractivity contribution in [3.8, 4) is 0 Å². The summed E-state index contributed by atoms with van der Waals surface area (Å²) in [6.45, 7) is 6.50. The van der Waals surface area contributed by atoms with Crippen LogP contribution in [0.4, 0.5) is 0 Å². The summed E-state index contributed by atoms with van der Waals surface area (Å²) >= 11 is 0. The molecule has 0 atom stereocenters. The minimum Gasteiger partial charge on any atom is -0.480 e. The van der Waals surface area contributed by atoms with Gasteiger partial charge in [0.2, 0.25) is 0 Å². The van der Waals surface area contributed by atoms with Crippen LogP contribution in [0.25, 0.3) is 0 Å². The van der Waals surface area contributed by atoms with Crippen molar-refractivity contribution in [2.24, 2.45) is 0 Å². The van der Waals surface area contributed by atoms with Gasteiger partial charge < -0.3 is 9.67 Å². The second-order valence-electron chi connectivity index (χ2n) is 5.99. The molecule has 4 heteroatoms. The molecule has 0 unspecified atom stereocenters. The second-order valence-corrected chi connectivity index (χ2v) is 5.99. The molecule has 0 saturated heterocycles. The number of carboxylic acids is 1. The highest BCUT2D eigenvalue weighted by molar-refractivity contribution is 5.66.